The third kappa shape index (κ3) is 3.95. The molecule has 10 heteroatoms. The highest BCUT2D eigenvalue weighted by molar-refractivity contribution is 9.10. The third-order valence-corrected chi connectivity index (χ3v) is 3.88. The topological polar surface area (TPSA) is 122 Å². The number of aromatic nitrogens is 2. The van der Waals surface area contributed by atoms with Crippen LogP contribution in [0, 0.1) is 0 Å². The van der Waals surface area contributed by atoms with Crippen molar-refractivity contribution in [2.24, 2.45) is 0 Å². The molecular weight excluding hydrogens is 402 g/mol. The zero-order chi connectivity index (χ0) is 17.9. The molecule has 0 saturated carbocycles. The van der Waals surface area contributed by atoms with Crippen molar-refractivity contribution >= 4 is 40.4 Å². The number of carboxylic acid groups (broad SMARTS) is 1. The Morgan fingerprint density at radius 2 is 1.96 bits per heavy atom. The molecule has 0 aliphatic heterocycles. The van der Waals surface area contributed by atoms with Crippen molar-refractivity contribution in [3.05, 3.63) is 50.9 Å². The van der Waals surface area contributed by atoms with Crippen LogP contribution >= 0.6 is 28.6 Å². The van der Waals surface area contributed by atoms with E-state index in [0.717, 1.165) is 15.2 Å². The van der Waals surface area contributed by atoms with Gasteiger partial charge < -0.3 is 15.5 Å². The van der Waals surface area contributed by atoms with Gasteiger partial charge in [0.05, 0.1) is 5.69 Å². The maximum absolute atomic E-state index is 12.1. The lowest BCUT2D eigenvalue weighted by atomic mass is 10.2. The summed E-state index contributed by atoms with van der Waals surface area (Å²) >= 11 is 7.09. The van der Waals surface area contributed by atoms with Crippen LogP contribution in [0.5, 0.6) is 5.75 Å². The van der Waals surface area contributed by atoms with Crippen molar-refractivity contribution in [3.8, 4) is 11.4 Å². The number of hydrogen-bond donors (Lipinski definition) is 4. The van der Waals surface area contributed by atoms with Crippen LogP contribution in [0.2, 0.25) is 0 Å². The third-order valence-electron chi connectivity index (χ3n) is 2.98. The molecule has 1 aromatic heterocycles. The predicted molar refractivity (Wildman–Crippen MR) is 91.9 cm³/mol. The number of carboxylic acids is 1. The first kappa shape index (κ1) is 18.0. The van der Waals surface area contributed by atoms with Gasteiger partial charge in [0.2, 0.25) is 0 Å². The van der Waals surface area contributed by atoms with Crippen LogP contribution < -0.4 is 10.9 Å². The SMILES string of the molecule is O=C(NC(CS)C(=O)O)c1nn(-c2ccc(Br)cc2)c(=O)cc1O. The number of thiol groups is 1. The molecule has 2 aromatic rings. The van der Waals surface area contributed by atoms with Gasteiger partial charge in [0, 0.05) is 16.3 Å². The quantitative estimate of drug-likeness (QED) is 0.538. The first-order valence-corrected chi connectivity index (χ1v) is 8.00. The van der Waals surface area contributed by atoms with Crippen LogP contribution in [0.15, 0.2) is 39.6 Å². The molecule has 1 unspecified atom stereocenters. The Balaban J connectivity index is 2.42. The number of hydrogen-bond acceptors (Lipinski definition) is 6. The highest BCUT2D eigenvalue weighted by Gasteiger charge is 2.23. The van der Waals surface area contributed by atoms with E-state index in [1.165, 1.54) is 0 Å². The average Bonchev–Trinajstić information content (AvgIpc) is 2.53. The summed E-state index contributed by atoms with van der Waals surface area (Å²) in [6.45, 7) is 0. The van der Waals surface area contributed by atoms with Gasteiger partial charge >= 0.3 is 5.97 Å². The van der Waals surface area contributed by atoms with E-state index in [9.17, 15) is 19.5 Å². The summed E-state index contributed by atoms with van der Waals surface area (Å²) in [6, 6.07) is 6.11. The lowest BCUT2D eigenvalue weighted by molar-refractivity contribution is -0.138. The van der Waals surface area contributed by atoms with Gasteiger partial charge in [-0.1, -0.05) is 15.9 Å². The number of halogens is 1. The highest BCUT2D eigenvalue weighted by Crippen LogP contribution is 2.15. The molecule has 126 valence electrons. The Morgan fingerprint density at radius 3 is 2.50 bits per heavy atom. The van der Waals surface area contributed by atoms with Gasteiger partial charge in [-0.2, -0.15) is 22.4 Å². The number of rotatable bonds is 5. The molecule has 0 aliphatic carbocycles. The van der Waals surface area contributed by atoms with Crippen LogP contribution in [-0.4, -0.2) is 43.7 Å². The second-order valence-electron chi connectivity index (χ2n) is 4.65. The van der Waals surface area contributed by atoms with Crippen LogP contribution in [0.1, 0.15) is 10.5 Å². The summed E-state index contributed by atoms with van der Waals surface area (Å²) < 4.78 is 1.71. The van der Waals surface area contributed by atoms with Crippen LogP contribution in [-0.2, 0) is 4.79 Å². The lowest BCUT2D eigenvalue weighted by Gasteiger charge is -2.13. The van der Waals surface area contributed by atoms with E-state index in [1.54, 1.807) is 24.3 Å². The molecule has 0 aliphatic rings. The Labute approximate surface area is 149 Å². The summed E-state index contributed by atoms with van der Waals surface area (Å²) in [5.74, 6) is -3.00. The van der Waals surface area contributed by atoms with Gasteiger partial charge in [-0.25, -0.2) is 4.79 Å². The van der Waals surface area contributed by atoms with Crippen molar-refractivity contribution < 1.29 is 19.8 Å². The molecular formula is C14H12BrN3O5S. The van der Waals surface area contributed by atoms with E-state index in [1.807, 2.05) is 0 Å². The predicted octanol–water partition coefficient (Wildman–Crippen LogP) is 0.813. The monoisotopic (exact) mass is 413 g/mol. The molecule has 0 radical (unpaired) electrons. The minimum Gasteiger partial charge on any atom is -0.505 e. The molecule has 1 aromatic carbocycles. The largest absolute Gasteiger partial charge is 0.505 e. The summed E-state index contributed by atoms with van der Waals surface area (Å²) in [5.41, 5.74) is -0.734. The maximum atomic E-state index is 12.1. The maximum Gasteiger partial charge on any atom is 0.327 e. The molecule has 8 nitrogen and oxygen atoms in total. The molecule has 0 spiro atoms. The fourth-order valence-corrected chi connectivity index (χ4v) is 2.30. The van der Waals surface area contributed by atoms with Crippen molar-refractivity contribution in [2.45, 2.75) is 6.04 Å². The molecule has 1 amide bonds. The van der Waals surface area contributed by atoms with Crippen molar-refractivity contribution in [1.29, 1.82) is 0 Å². The number of carbonyl (C=O) groups excluding carboxylic acids is 1. The number of aromatic hydroxyl groups is 1. The van der Waals surface area contributed by atoms with Crippen molar-refractivity contribution in [2.75, 3.05) is 5.75 Å². The smallest absolute Gasteiger partial charge is 0.327 e. The van der Waals surface area contributed by atoms with E-state index in [0.29, 0.717) is 5.69 Å². The second-order valence-corrected chi connectivity index (χ2v) is 5.93. The van der Waals surface area contributed by atoms with Crippen molar-refractivity contribution in [1.82, 2.24) is 15.1 Å². The van der Waals surface area contributed by atoms with Gasteiger partial charge in [0.1, 0.15) is 6.04 Å². The van der Waals surface area contributed by atoms with E-state index >= 15 is 0 Å². The number of nitrogens with one attached hydrogen (secondary N) is 1. The van der Waals surface area contributed by atoms with Gasteiger partial charge in [0.25, 0.3) is 11.5 Å². The summed E-state index contributed by atoms with van der Waals surface area (Å²) in [4.78, 5) is 35.1. The van der Waals surface area contributed by atoms with Crippen LogP contribution in [0.25, 0.3) is 5.69 Å². The van der Waals surface area contributed by atoms with E-state index in [-0.39, 0.29) is 5.75 Å². The van der Waals surface area contributed by atoms with Crippen LogP contribution in [0.3, 0.4) is 0 Å². The normalized spacial score (nSPS) is 11.8. The Morgan fingerprint density at radius 1 is 1.33 bits per heavy atom. The van der Waals surface area contributed by atoms with E-state index in [2.05, 4.69) is 39.0 Å². The number of amides is 1. The average molecular weight is 414 g/mol. The first-order chi connectivity index (χ1) is 11.3. The van der Waals surface area contributed by atoms with Crippen molar-refractivity contribution in [3.63, 3.8) is 0 Å². The number of aliphatic carboxylic acids is 1. The molecule has 3 N–H and O–H groups in total. The fourth-order valence-electron chi connectivity index (χ4n) is 1.79. The van der Waals surface area contributed by atoms with E-state index < -0.39 is 34.9 Å². The first-order valence-electron chi connectivity index (χ1n) is 6.57. The molecule has 0 saturated heterocycles. The molecule has 0 fully saturated rings. The number of benzene rings is 1. The van der Waals surface area contributed by atoms with Gasteiger partial charge in [-0.3, -0.25) is 9.59 Å². The zero-order valence-electron chi connectivity index (χ0n) is 12.0. The molecule has 24 heavy (non-hydrogen) atoms. The molecule has 2 rings (SSSR count). The van der Waals surface area contributed by atoms with Gasteiger partial charge in [0.15, 0.2) is 11.4 Å². The standard InChI is InChI=1S/C14H12BrN3O5S/c15-7-1-3-8(4-2-7)18-11(20)5-10(19)12(17-18)13(21)16-9(6-24)14(22)23/h1-5,9,19,24H,6H2,(H,16,21)(H,22,23). The fraction of sp³-hybridized carbons (Fsp3) is 0.143. The Bertz CT molecular complexity index is 837. The number of nitrogens with zero attached hydrogens (tertiary/aromatic N) is 2. The molecule has 0 bridgehead atoms. The second kappa shape index (κ2) is 7.49. The van der Waals surface area contributed by atoms with E-state index in [4.69, 9.17) is 5.11 Å². The number of carbonyl (C=O) groups is 2. The molecule has 1 atom stereocenters. The highest BCUT2D eigenvalue weighted by atomic mass is 79.9. The molecule has 1 heterocycles. The Hall–Kier alpha value is -2.33. The summed E-state index contributed by atoms with van der Waals surface area (Å²) in [6.07, 6.45) is 0. The lowest BCUT2D eigenvalue weighted by Crippen LogP contribution is -2.43. The summed E-state index contributed by atoms with van der Waals surface area (Å²) in [7, 11) is 0. The Kier molecular flexibility index (Phi) is 5.62. The minimum absolute atomic E-state index is 0.145. The summed E-state index contributed by atoms with van der Waals surface area (Å²) in [5, 5.41) is 24.7. The van der Waals surface area contributed by atoms with Crippen LogP contribution in [0.4, 0.5) is 0 Å². The zero-order valence-corrected chi connectivity index (χ0v) is 14.5. The van der Waals surface area contributed by atoms with Gasteiger partial charge in [-0.05, 0) is 24.3 Å². The van der Waals surface area contributed by atoms with Gasteiger partial charge in [-0.15, -0.1) is 0 Å². The minimum atomic E-state index is -1.28.